The van der Waals surface area contributed by atoms with E-state index in [4.69, 9.17) is 0 Å². The largest absolute Gasteiger partial charge is 0.416 e. The predicted octanol–water partition coefficient (Wildman–Crippen LogP) is 4.37. The minimum absolute atomic E-state index is 0.0322. The van der Waals surface area contributed by atoms with E-state index in [9.17, 15) is 27.1 Å². The monoisotopic (exact) mass is 302 g/mol. The van der Waals surface area contributed by atoms with Crippen molar-refractivity contribution in [3.05, 3.63) is 70.3 Å². The van der Waals surface area contributed by atoms with Crippen molar-refractivity contribution in [2.24, 2.45) is 0 Å². The third-order valence-corrected chi connectivity index (χ3v) is 3.13. The average Bonchev–Trinajstić information content (AvgIpc) is 2.40. The first kappa shape index (κ1) is 15.4. The Balaban J connectivity index is 2.52. The maximum Gasteiger partial charge on any atom is 0.416 e. The van der Waals surface area contributed by atoms with E-state index in [1.165, 1.54) is 19.1 Å². The lowest BCUT2D eigenvalue weighted by Gasteiger charge is -2.18. The fourth-order valence-electron chi connectivity index (χ4n) is 1.97. The summed E-state index contributed by atoms with van der Waals surface area (Å²) in [6, 6.07) is 5.61. The summed E-state index contributed by atoms with van der Waals surface area (Å²) in [5.41, 5.74) is -1.53. The molecule has 0 aliphatic carbocycles. The van der Waals surface area contributed by atoms with Crippen LogP contribution < -0.4 is 0 Å². The van der Waals surface area contributed by atoms with Crippen molar-refractivity contribution in [1.82, 2.24) is 0 Å². The number of halogens is 5. The van der Waals surface area contributed by atoms with Crippen molar-refractivity contribution in [3.63, 3.8) is 0 Å². The van der Waals surface area contributed by atoms with Crippen LogP contribution in [0.25, 0.3) is 0 Å². The molecule has 2 aromatic carbocycles. The highest BCUT2D eigenvalue weighted by Gasteiger charge is 2.35. The molecule has 6 heteroatoms. The molecule has 0 fully saturated rings. The van der Waals surface area contributed by atoms with Gasteiger partial charge in [-0.25, -0.2) is 8.78 Å². The molecule has 0 aromatic heterocycles. The fourth-order valence-corrected chi connectivity index (χ4v) is 1.97. The van der Waals surface area contributed by atoms with Crippen LogP contribution in [-0.2, 0) is 6.18 Å². The summed E-state index contributed by atoms with van der Waals surface area (Å²) < 4.78 is 65.2. The summed E-state index contributed by atoms with van der Waals surface area (Å²) in [7, 11) is 0. The van der Waals surface area contributed by atoms with E-state index in [1.54, 1.807) is 0 Å². The number of hydrogen-bond acceptors (Lipinski definition) is 1. The van der Waals surface area contributed by atoms with Crippen LogP contribution in [0.15, 0.2) is 36.4 Å². The van der Waals surface area contributed by atoms with E-state index < -0.39 is 35.0 Å². The zero-order chi connectivity index (χ0) is 15.8. The van der Waals surface area contributed by atoms with Crippen molar-refractivity contribution in [2.45, 2.75) is 19.2 Å². The first-order chi connectivity index (χ1) is 9.70. The van der Waals surface area contributed by atoms with Crippen LogP contribution in [0.2, 0.25) is 0 Å². The highest BCUT2D eigenvalue weighted by atomic mass is 19.4. The fraction of sp³-hybridized carbons (Fsp3) is 0.200. The molecule has 0 amide bonds. The van der Waals surface area contributed by atoms with E-state index >= 15 is 0 Å². The van der Waals surface area contributed by atoms with Crippen LogP contribution in [0.1, 0.15) is 28.4 Å². The van der Waals surface area contributed by atoms with E-state index in [-0.39, 0.29) is 5.56 Å². The summed E-state index contributed by atoms with van der Waals surface area (Å²) in [5, 5.41) is 10.1. The van der Waals surface area contributed by atoms with E-state index in [2.05, 4.69) is 0 Å². The number of hydrogen-bond donors (Lipinski definition) is 1. The minimum atomic E-state index is -4.82. The molecule has 1 unspecified atom stereocenters. The Bertz CT molecular complexity index is 664. The van der Waals surface area contributed by atoms with Gasteiger partial charge in [-0.05, 0) is 41.8 Å². The molecule has 1 N–H and O–H groups in total. The number of rotatable bonds is 2. The van der Waals surface area contributed by atoms with Gasteiger partial charge in [0.15, 0.2) is 0 Å². The molecule has 0 spiro atoms. The van der Waals surface area contributed by atoms with Crippen molar-refractivity contribution >= 4 is 0 Å². The molecule has 1 nitrogen and oxygen atoms in total. The molecule has 0 saturated heterocycles. The molecular weight excluding hydrogens is 291 g/mol. The standard InChI is InChI=1S/C15H11F5O/c1-8-2-3-9(6-13(8)17)14(21)11-5-4-10(16)7-12(11)15(18,19)20/h2-7,14,21H,1H3. The molecule has 2 aromatic rings. The summed E-state index contributed by atoms with van der Waals surface area (Å²) in [4.78, 5) is 0. The Labute approximate surface area is 117 Å². The quantitative estimate of drug-likeness (QED) is 0.817. The van der Waals surface area contributed by atoms with Gasteiger partial charge in [-0.15, -0.1) is 0 Å². The van der Waals surface area contributed by atoms with E-state index in [0.717, 1.165) is 18.2 Å². The summed E-state index contributed by atoms with van der Waals surface area (Å²) in [6.07, 6.45) is -6.51. The normalized spacial score (nSPS) is 13.3. The Morgan fingerprint density at radius 2 is 1.67 bits per heavy atom. The summed E-state index contributed by atoms with van der Waals surface area (Å²) in [6.45, 7) is 1.49. The van der Waals surface area contributed by atoms with Gasteiger partial charge in [0, 0.05) is 0 Å². The van der Waals surface area contributed by atoms with Gasteiger partial charge < -0.3 is 5.11 Å². The van der Waals surface area contributed by atoms with Crippen LogP contribution in [0.3, 0.4) is 0 Å². The van der Waals surface area contributed by atoms with Gasteiger partial charge >= 0.3 is 6.18 Å². The molecule has 21 heavy (non-hydrogen) atoms. The highest BCUT2D eigenvalue weighted by molar-refractivity contribution is 5.38. The first-order valence-electron chi connectivity index (χ1n) is 6.01. The molecule has 112 valence electrons. The second-order valence-electron chi connectivity index (χ2n) is 4.64. The van der Waals surface area contributed by atoms with Crippen molar-refractivity contribution < 1.29 is 27.1 Å². The highest BCUT2D eigenvalue weighted by Crippen LogP contribution is 2.37. The Morgan fingerprint density at radius 1 is 1.00 bits per heavy atom. The van der Waals surface area contributed by atoms with Gasteiger partial charge in [-0.1, -0.05) is 18.2 Å². The number of aliphatic hydroxyl groups is 1. The molecule has 0 bridgehead atoms. The van der Waals surface area contributed by atoms with Gasteiger partial charge in [-0.2, -0.15) is 13.2 Å². The molecule has 0 aliphatic heterocycles. The van der Waals surface area contributed by atoms with Gasteiger partial charge in [0.05, 0.1) is 5.56 Å². The zero-order valence-corrected chi connectivity index (χ0v) is 10.9. The van der Waals surface area contributed by atoms with Gasteiger partial charge in [0.25, 0.3) is 0 Å². The number of aliphatic hydroxyl groups excluding tert-OH is 1. The smallest absolute Gasteiger partial charge is 0.384 e. The molecule has 0 radical (unpaired) electrons. The first-order valence-corrected chi connectivity index (χ1v) is 6.01. The molecule has 0 heterocycles. The summed E-state index contributed by atoms with van der Waals surface area (Å²) in [5.74, 6) is -1.70. The van der Waals surface area contributed by atoms with Crippen molar-refractivity contribution in [2.75, 3.05) is 0 Å². The second-order valence-corrected chi connectivity index (χ2v) is 4.64. The van der Waals surface area contributed by atoms with Gasteiger partial charge in [0.1, 0.15) is 17.7 Å². The van der Waals surface area contributed by atoms with E-state index in [0.29, 0.717) is 11.6 Å². The Hall–Kier alpha value is -1.95. The third-order valence-electron chi connectivity index (χ3n) is 3.13. The van der Waals surface area contributed by atoms with Crippen LogP contribution in [0.4, 0.5) is 22.0 Å². The molecular formula is C15H11F5O. The molecule has 0 aliphatic rings. The third kappa shape index (κ3) is 3.21. The SMILES string of the molecule is Cc1ccc(C(O)c2ccc(F)cc2C(F)(F)F)cc1F. The number of aryl methyl sites for hydroxylation is 1. The van der Waals surface area contributed by atoms with Gasteiger partial charge in [0.2, 0.25) is 0 Å². The van der Waals surface area contributed by atoms with Crippen molar-refractivity contribution in [3.8, 4) is 0 Å². The van der Waals surface area contributed by atoms with Crippen LogP contribution >= 0.6 is 0 Å². The van der Waals surface area contributed by atoms with Crippen LogP contribution in [0, 0.1) is 18.6 Å². The molecule has 0 saturated carbocycles. The minimum Gasteiger partial charge on any atom is -0.384 e. The van der Waals surface area contributed by atoms with Crippen molar-refractivity contribution in [1.29, 1.82) is 0 Å². The lowest BCUT2D eigenvalue weighted by Crippen LogP contribution is -2.13. The van der Waals surface area contributed by atoms with Crippen LogP contribution in [-0.4, -0.2) is 5.11 Å². The van der Waals surface area contributed by atoms with E-state index in [1.807, 2.05) is 0 Å². The molecule has 1 atom stereocenters. The average molecular weight is 302 g/mol. The lowest BCUT2D eigenvalue weighted by atomic mass is 9.95. The Morgan fingerprint density at radius 3 is 2.24 bits per heavy atom. The van der Waals surface area contributed by atoms with Gasteiger partial charge in [-0.3, -0.25) is 0 Å². The topological polar surface area (TPSA) is 20.2 Å². The zero-order valence-electron chi connectivity index (χ0n) is 10.9. The Kier molecular flexibility index (Phi) is 4.00. The molecule has 2 rings (SSSR count). The second kappa shape index (κ2) is 5.44. The lowest BCUT2D eigenvalue weighted by molar-refractivity contribution is -0.139. The summed E-state index contributed by atoms with van der Waals surface area (Å²) >= 11 is 0. The maximum absolute atomic E-state index is 13.5. The number of alkyl halides is 3. The number of benzene rings is 2. The maximum atomic E-state index is 13.5. The predicted molar refractivity (Wildman–Crippen MR) is 66.6 cm³/mol. The van der Waals surface area contributed by atoms with Crippen LogP contribution in [0.5, 0.6) is 0 Å².